The number of aryl methyl sites for hydroxylation is 2. The van der Waals surface area contributed by atoms with Crippen LogP contribution in [-0.2, 0) is 45.9 Å². The van der Waals surface area contributed by atoms with Gasteiger partial charge in [0, 0.05) is 40.8 Å². The number of hydrogen-bond acceptors (Lipinski definition) is 9. The number of carbonyl (C=O) groups is 1. The predicted molar refractivity (Wildman–Crippen MR) is 213 cm³/mol. The van der Waals surface area contributed by atoms with Gasteiger partial charge in [-0.15, -0.1) is 0 Å². The van der Waals surface area contributed by atoms with Crippen LogP contribution in [0.4, 0.5) is 0 Å². The second kappa shape index (κ2) is 15.5. The van der Waals surface area contributed by atoms with Gasteiger partial charge in [0.15, 0.2) is 19.6 Å². The Kier molecular flexibility index (Phi) is 11.6. The van der Waals surface area contributed by atoms with E-state index in [1.807, 2.05) is 39.1 Å². The fourth-order valence-electron chi connectivity index (χ4n) is 6.12. The number of benzene rings is 3. The SMILES string of the molecule is CCc1c(OS(=O)(=O)c2ccc(C)cc2)c(C(=O)OC)c(=O)n(Cc2ccc(OC)cc2OC)c1-c1ccc2c(c1)cc(CO[Si](C)(C)C(C)(C)C)n2C. The highest BCUT2D eigenvalue weighted by Gasteiger charge is 2.37. The Balaban J connectivity index is 1.79. The Bertz CT molecular complexity index is 2370. The zero-order chi connectivity index (χ0) is 39.7. The number of esters is 1. The molecule has 0 unspecified atom stereocenters. The van der Waals surface area contributed by atoms with Crippen LogP contribution < -0.4 is 19.2 Å². The quantitative estimate of drug-likeness (QED) is 0.0665. The third-order valence-electron chi connectivity index (χ3n) is 10.4. The molecule has 5 rings (SSSR count). The first-order chi connectivity index (χ1) is 25.4. The Hall–Kier alpha value is -4.85. The molecule has 2 aromatic heterocycles. The molecule has 3 aromatic carbocycles. The standard InChI is InChI=1S/C41H50N2O9SSi/c1-12-33-37(27-16-20-34-29(21-27)22-30(42(34)6)25-51-54(10,11)41(3,4)5)43(24-28-15-17-31(48-7)23-35(28)49-8)39(44)36(40(45)50-9)38(33)52-53(46,47)32-18-13-26(2)14-19-32/h13-23H,12,24-25H2,1-11H3. The van der Waals surface area contributed by atoms with Gasteiger partial charge in [0.25, 0.3) is 5.56 Å². The van der Waals surface area contributed by atoms with E-state index in [9.17, 15) is 18.0 Å². The molecule has 0 saturated heterocycles. The van der Waals surface area contributed by atoms with Gasteiger partial charge in [0.05, 0.1) is 40.2 Å². The van der Waals surface area contributed by atoms with Crippen LogP contribution in [0.25, 0.3) is 22.2 Å². The van der Waals surface area contributed by atoms with Gasteiger partial charge in [-0.3, -0.25) is 4.79 Å². The normalized spacial score (nSPS) is 12.2. The Morgan fingerprint density at radius 1 is 0.907 bits per heavy atom. The lowest BCUT2D eigenvalue weighted by molar-refractivity contribution is 0.0595. The first-order valence-corrected chi connectivity index (χ1v) is 22.0. The van der Waals surface area contributed by atoms with Crippen LogP contribution in [0.15, 0.2) is 76.4 Å². The molecule has 54 heavy (non-hydrogen) atoms. The summed E-state index contributed by atoms with van der Waals surface area (Å²) in [5.74, 6) is -0.396. The van der Waals surface area contributed by atoms with Crippen LogP contribution in [0.1, 0.15) is 60.4 Å². The van der Waals surface area contributed by atoms with Crippen LogP contribution in [0.2, 0.25) is 18.1 Å². The van der Waals surface area contributed by atoms with E-state index < -0.39 is 35.5 Å². The third kappa shape index (κ3) is 7.84. The monoisotopic (exact) mass is 774 g/mol. The number of pyridine rings is 1. The average molecular weight is 775 g/mol. The lowest BCUT2D eigenvalue weighted by Gasteiger charge is -2.36. The molecule has 0 N–H and O–H groups in total. The van der Waals surface area contributed by atoms with E-state index in [1.54, 1.807) is 37.4 Å². The highest BCUT2D eigenvalue weighted by atomic mass is 32.2. The molecule has 0 radical (unpaired) electrons. The molecule has 5 aromatic rings. The molecule has 13 heteroatoms. The van der Waals surface area contributed by atoms with Crippen molar-refractivity contribution in [2.24, 2.45) is 7.05 Å². The van der Waals surface area contributed by atoms with Gasteiger partial charge in [-0.1, -0.05) is 51.5 Å². The number of ether oxygens (including phenoxy) is 3. The zero-order valence-electron chi connectivity index (χ0n) is 32.9. The molecule has 0 fully saturated rings. The smallest absolute Gasteiger partial charge is 0.347 e. The van der Waals surface area contributed by atoms with E-state index in [1.165, 1.54) is 23.8 Å². The van der Waals surface area contributed by atoms with Crippen molar-refractivity contribution in [2.75, 3.05) is 21.3 Å². The maximum absolute atomic E-state index is 14.7. The number of fused-ring (bicyclic) bond motifs is 1. The number of rotatable bonds is 13. The van der Waals surface area contributed by atoms with Crippen LogP contribution in [-0.4, -0.2) is 53.2 Å². The Labute approximate surface area is 318 Å². The number of carbonyl (C=O) groups excluding carboxylic acids is 1. The lowest BCUT2D eigenvalue weighted by atomic mass is 9.98. The fourth-order valence-corrected chi connectivity index (χ4v) is 8.03. The minimum atomic E-state index is -4.50. The van der Waals surface area contributed by atoms with Gasteiger partial charge in [0.1, 0.15) is 16.4 Å². The third-order valence-corrected chi connectivity index (χ3v) is 16.1. The molecule has 0 aliphatic rings. The number of nitrogens with zero attached hydrogens (tertiary/aromatic N) is 2. The average Bonchev–Trinajstić information content (AvgIpc) is 3.45. The summed E-state index contributed by atoms with van der Waals surface area (Å²) in [4.78, 5) is 28.1. The van der Waals surface area contributed by atoms with Gasteiger partial charge in [-0.2, -0.15) is 8.42 Å². The van der Waals surface area contributed by atoms with Crippen molar-refractivity contribution < 1.29 is 36.0 Å². The summed E-state index contributed by atoms with van der Waals surface area (Å²) in [7, 11) is -0.366. The maximum atomic E-state index is 14.7. The number of hydrogen-bond donors (Lipinski definition) is 0. The van der Waals surface area contributed by atoms with Crippen molar-refractivity contribution >= 4 is 35.3 Å². The fraction of sp³-hybridized carbons (Fsp3) is 0.366. The van der Waals surface area contributed by atoms with Gasteiger partial charge >= 0.3 is 16.1 Å². The van der Waals surface area contributed by atoms with Crippen molar-refractivity contribution in [1.82, 2.24) is 9.13 Å². The molecule has 288 valence electrons. The summed E-state index contributed by atoms with van der Waals surface area (Å²) in [6.45, 7) is 15.1. The van der Waals surface area contributed by atoms with Crippen molar-refractivity contribution in [1.29, 1.82) is 0 Å². The molecule has 0 atom stereocenters. The maximum Gasteiger partial charge on any atom is 0.347 e. The summed E-state index contributed by atoms with van der Waals surface area (Å²) in [5, 5.41) is 0.930. The highest BCUT2D eigenvalue weighted by Crippen LogP contribution is 2.39. The first-order valence-electron chi connectivity index (χ1n) is 17.7. The van der Waals surface area contributed by atoms with E-state index in [-0.39, 0.29) is 28.6 Å². The summed E-state index contributed by atoms with van der Waals surface area (Å²) in [5.41, 5.74) is 3.39. The van der Waals surface area contributed by atoms with E-state index in [2.05, 4.69) is 44.5 Å². The minimum absolute atomic E-state index is 0.0399. The second-order valence-corrected chi connectivity index (χ2v) is 21.2. The lowest BCUT2D eigenvalue weighted by Crippen LogP contribution is -2.40. The van der Waals surface area contributed by atoms with Gasteiger partial charge in [-0.25, -0.2) is 4.79 Å². The molecular formula is C41H50N2O9SSi. The Morgan fingerprint density at radius 2 is 1.59 bits per heavy atom. The molecule has 0 aliphatic heterocycles. The molecule has 0 amide bonds. The van der Waals surface area contributed by atoms with E-state index in [0.717, 1.165) is 29.3 Å². The number of aromatic nitrogens is 2. The van der Waals surface area contributed by atoms with Gasteiger partial charge in [0.2, 0.25) is 0 Å². The summed E-state index contributed by atoms with van der Waals surface area (Å²) in [6, 6.07) is 19.2. The van der Waals surface area contributed by atoms with Gasteiger partial charge in [-0.05, 0) is 79.5 Å². The topological polar surface area (TPSA) is 124 Å². The summed E-state index contributed by atoms with van der Waals surface area (Å²) >= 11 is 0. The zero-order valence-corrected chi connectivity index (χ0v) is 34.8. The van der Waals surface area contributed by atoms with Gasteiger partial charge < -0.3 is 32.0 Å². The molecule has 0 aliphatic carbocycles. The molecular weight excluding hydrogens is 725 g/mol. The highest BCUT2D eigenvalue weighted by molar-refractivity contribution is 7.87. The summed E-state index contributed by atoms with van der Waals surface area (Å²) < 4.78 is 59.7. The first kappa shape index (κ1) is 40.3. The van der Waals surface area contributed by atoms with Crippen molar-refractivity contribution in [3.8, 4) is 28.5 Å². The molecule has 0 spiro atoms. The molecule has 2 heterocycles. The Morgan fingerprint density at radius 3 is 2.19 bits per heavy atom. The van der Waals surface area contributed by atoms with Crippen molar-refractivity contribution in [3.05, 3.63) is 105 Å². The van der Waals surface area contributed by atoms with Crippen LogP contribution in [0.5, 0.6) is 17.2 Å². The number of methoxy groups -OCH3 is 3. The van der Waals surface area contributed by atoms with E-state index in [0.29, 0.717) is 40.5 Å². The molecule has 11 nitrogen and oxygen atoms in total. The van der Waals surface area contributed by atoms with Crippen LogP contribution in [0, 0.1) is 6.92 Å². The van der Waals surface area contributed by atoms with Crippen LogP contribution >= 0.6 is 0 Å². The van der Waals surface area contributed by atoms with Crippen molar-refractivity contribution in [3.63, 3.8) is 0 Å². The largest absolute Gasteiger partial charge is 0.497 e. The summed E-state index contributed by atoms with van der Waals surface area (Å²) in [6.07, 6.45) is 0.191. The van der Waals surface area contributed by atoms with E-state index >= 15 is 0 Å². The second-order valence-electron chi connectivity index (χ2n) is 14.8. The van der Waals surface area contributed by atoms with E-state index in [4.69, 9.17) is 22.8 Å². The molecule has 0 saturated carbocycles. The minimum Gasteiger partial charge on any atom is -0.497 e. The van der Waals surface area contributed by atoms with Crippen LogP contribution in [0.3, 0.4) is 0 Å². The molecule has 0 bridgehead atoms. The van der Waals surface area contributed by atoms with Crippen molar-refractivity contribution in [2.45, 2.75) is 77.2 Å². The predicted octanol–water partition coefficient (Wildman–Crippen LogP) is 8.02.